The lowest BCUT2D eigenvalue weighted by atomic mass is 10.1. The van der Waals surface area contributed by atoms with Crippen LogP contribution >= 0.6 is 69.6 Å². The van der Waals surface area contributed by atoms with Gasteiger partial charge in [0.05, 0.1) is 47.0 Å². The van der Waals surface area contributed by atoms with E-state index in [1.54, 1.807) is 6.07 Å². The standard InChI is InChI=1S/C19H10Cl6N2O5/c1-6(19(31)32-5-9(28)26-8-4-2-3-7(20)12(8)21)27-17(29)10-11(18(27)30)14(23)16(25)15(24)13(10)22/h2-4,6H,5H2,1H3,(H,26,28)/t6-/m1/s1. The Kier molecular flexibility index (Phi) is 7.49. The fraction of sp³-hybridized carbons (Fsp3) is 0.158. The summed E-state index contributed by atoms with van der Waals surface area (Å²) in [6.45, 7) is 0.523. The van der Waals surface area contributed by atoms with Crippen LogP contribution in [-0.4, -0.2) is 41.2 Å². The van der Waals surface area contributed by atoms with Crippen LogP contribution < -0.4 is 5.32 Å². The number of carbonyl (C=O) groups excluding carboxylic acids is 4. The average Bonchev–Trinajstić information content (AvgIpc) is 3.01. The Bertz CT molecular complexity index is 1140. The van der Waals surface area contributed by atoms with Gasteiger partial charge in [-0.25, -0.2) is 4.79 Å². The number of imide groups is 1. The van der Waals surface area contributed by atoms with E-state index in [0.717, 1.165) is 0 Å². The molecule has 0 spiro atoms. The van der Waals surface area contributed by atoms with Gasteiger partial charge in [-0.05, 0) is 19.1 Å². The third-order valence-electron chi connectivity index (χ3n) is 4.43. The summed E-state index contributed by atoms with van der Waals surface area (Å²) in [5.41, 5.74) is -0.334. The number of nitrogens with zero attached hydrogens (tertiary/aromatic N) is 1. The van der Waals surface area contributed by atoms with Crippen LogP contribution in [0.3, 0.4) is 0 Å². The van der Waals surface area contributed by atoms with Crippen molar-refractivity contribution in [1.82, 2.24) is 4.90 Å². The Morgan fingerprint density at radius 1 is 0.906 bits per heavy atom. The monoisotopic (exact) mass is 556 g/mol. The highest BCUT2D eigenvalue weighted by Crippen LogP contribution is 2.45. The van der Waals surface area contributed by atoms with Crippen LogP contribution in [0, 0.1) is 0 Å². The largest absolute Gasteiger partial charge is 0.454 e. The van der Waals surface area contributed by atoms with Crippen LogP contribution in [0.1, 0.15) is 27.6 Å². The summed E-state index contributed by atoms with van der Waals surface area (Å²) in [5.74, 6) is -3.57. The van der Waals surface area contributed by atoms with E-state index in [1.165, 1.54) is 19.1 Å². The number of fused-ring (bicyclic) bond motifs is 1. The zero-order valence-electron chi connectivity index (χ0n) is 15.8. The molecule has 1 N–H and O–H groups in total. The summed E-state index contributed by atoms with van der Waals surface area (Å²) in [7, 11) is 0. The number of benzene rings is 2. The zero-order chi connectivity index (χ0) is 23.9. The van der Waals surface area contributed by atoms with Crippen molar-refractivity contribution in [2.45, 2.75) is 13.0 Å². The van der Waals surface area contributed by atoms with Crippen molar-refractivity contribution in [1.29, 1.82) is 0 Å². The summed E-state index contributed by atoms with van der Waals surface area (Å²) in [5, 5.41) is 1.82. The van der Waals surface area contributed by atoms with Crippen LogP contribution in [0.2, 0.25) is 30.1 Å². The number of ether oxygens (including phenoxy) is 1. The molecule has 2 aromatic rings. The van der Waals surface area contributed by atoms with E-state index in [1.807, 2.05) is 0 Å². The number of hydrogen-bond acceptors (Lipinski definition) is 5. The van der Waals surface area contributed by atoms with E-state index in [9.17, 15) is 19.2 Å². The summed E-state index contributed by atoms with van der Waals surface area (Å²) >= 11 is 35.9. The van der Waals surface area contributed by atoms with E-state index in [0.29, 0.717) is 4.90 Å². The number of hydrogen-bond donors (Lipinski definition) is 1. The molecule has 0 saturated heterocycles. The molecule has 1 aliphatic heterocycles. The maximum absolute atomic E-state index is 12.8. The van der Waals surface area contributed by atoms with E-state index in [4.69, 9.17) is 74.3 Å². The predicted molar refractivity (Wildman–Crippen MR) is 122 cm³/mol. The molecule has 0 aliphatic carbocycles. The second-order valence-corrected chi connectivity index (χ2v) is 8.72. The van der Waals surface area contributed by atoms with E-state index < -0.39 is 36.3 Å². The van der Waals surface area contributed by atoms with Gasteiger partial charge in [-0.15, -0.1) is 0 Å². The van der Waals surface area contributed by atoms with Crippen LogP contribution in [0.5, 0.6) is 0 Å². The maximum atomic E-state index is 12.8. The molecule has 0 fully saturated rings. The molecule has 32 heavy (non-hydrogen) atoms. The summed E-state index contributed by atoms with van der Waals surface area (Å²) in [6, 6.07) is 3.19. The van der Waals surface area contributed by atoms with Crippen molar-refractivity contribution in [3.05, 3.63) is 59.5 Å². The van der Waals surface area contributed by atoms with Crippen molar-refractivity contribution in [3.8, 4) is 0 Å². The van der Waals surface area contributed by atoms with Gasteiger partial charge < -0.3 is 10.1 Å². The third kappa shape index (κ3) is 4.38. The Morgan fingerprint density at radius 3 is 1.97 bits per heavy atom. The van der Waals surface area contributed by atoms with Gasteiger partial charge >= 0.3 is 5.97 Å². The van der Waals surface area contributed by atoms with Crippen molar-refractivity contribution in [2.75, 3.05) is 11.9 Å². The molecule has 1 heterocycles. The van der Waals surface area contributed by atoms with Crippen LogP contribution in [0.15, 0.2) is 18.2 Å². The highest BCUT2D eigenvalue weighted by atomic mass is 35.5. The lowest BCUT2D eigenvalue weighted by Gasteiger charge is -2.20. The van der Waals surface area contributed by atoms with Gasteiger partial charge in [-0.1, -0.05) is 75.7 Å². The molecule has 1 aliphatic rings. The molecule has 3 amide bonds. The Morgan fingerprint density at radius 2 is 1.44 bits per heavy atom. The van der Waals surface area contributed by atoms with Crippen molar-refractivity contribution < 1.29 is 23.9 Å². The molecular formula is C19H10Cl6N2O5. The summed E-state index contributed by atoms with van der Waals surface area (Å²) in [4.78, 5) is 50.7. The van der Waals surface area contributed by atoms with Gasteiger partial charge in [0.25, 0.3) is 17.7 Å². The molecule has 0 radical (unpaired) electrons. The van der Waals surface area contributed by atoms with Gasteiger partial charge in [-0.2, -0.15) is 0 Å². The summed E-state index contributed by atoms with van der Waals surface area (Å²) < 4.78 is 4.93. The molecule has 2 aromatic carbocycles. The normalized spacial score (nSPS) is 13.8. The average molecular weight is 559 g/mol. The minimum atomic E-state index is -1.41. The van der Waals surface area contributed by atoms with E-state index in [2.05, 4.69) is 5.32 Å². The highest BCUT2D eigenvalue weighted by Gasteiger charge is 2.45. The van der Waals surface area contributed by atoms with Crippen molar-refractivity contribution >= 4 is 99.0 Å². The Labute approximate surface area is 211 Å². The van der Waals surface area contributed by atoms with Crippen molar-refractivity contribution in [2.24, 2.45) is 0 Å². The van der Waals surface area contributed by atoms with E-state index >= 15 is 0 Å². The molecule has 3 rings (SSSR count). The quantitative estimate of drug-likeness (QED) is 0.217. The molecule has 0 bridgehead atoms. The number of rotatable bonds is 5. The number of anilines is 1. The molecular weight excluding hydrogens is 549 g/mol. The highest BCUT2D eigenvalue weighted by molar-refractivity contribution is 6.55. The number of amides is 3. The molecule has 0 unspecified atom stereocenters. The lowest BCUT2D eigenvalue weighted by molar-refractivity contribution is -0.150. The fourth-order valence-corrected chi connectivity index (χ4v) is 4.23. The molecule has 13 heteroatoms. The second kappa shape index (κ2) is 9.63. The lowest BCUT2D eigenvalue weighted by Crippen LogP contribution is -2.44. The number of nitrogens with one attached hydrogen (secondary N) is 1. The SMILES string of the molecule is C[C@H](C(=O)OCC(=O)Nc1cccc(Cl)c1Cl)N1C(=O)c2c(Cl)c(Cl)c(Cl)c(Cl)c2C1=O. The predicted octanol–water partition coefficient (Wildman–Crippen LogP) is 5.77. The topological polar surface area (TPSA) is 92.8 Å². The second-order valence-electron chi connectivity index (χ2n) is 6.42. The first-order valence-corrected chi connectivity index (χ1v) is 10.9. The van der Waals surface area contributed by atoms with Gasteiger partial charge in [0, 0.05) is 0 Å². The van der Waals surface area contributed by atoms with Gasteiger partial charge in [0.15, 0.2) is 6.61 Å². The van der Waals surface area contributed by atoms with Gasteiger partial charge in [0.1, 0.15) is 6.04 Å². The minimum absolute atomic E-state index is 0.110. The Hall–Kier alpha value is -1.74. The first-order valence-electron chi connectivity index (χ1n) is 8.61. The molecule has 1 atom stereocenters. The van der Waals surface area contributed by atoms with Gasteiger partial charge in [-0.3, -0.25) is 19.3 Å². The van der Waals surface area contributed by atoms with Crippen molar-refractivity contribution in [3.63, 3.8) is 0 Å². The fourth-order valence-electron chi connectivity index (χ4n) is 2.87. The van der Waals surface area contributed by atoms with Gasteiger partial charge in [0.2, 0.25) is 0 Å². The molecule has 7 nitrogen and oxygen atoms in total. The molecule has 0 saturated carbocycles. The molecule has 168 valence electrons. The van der Waals surface area contributed by atoms with Crippen LogP contribution in [-0.2, 0) is 14.3 Å². The number of carbonyl (C=O) groups is 4. The number of esters is 1. The first kappa shape index (κ1) is 24.9. The Balaban J connectivity index is 1.72. The van der Waals surface area contributed by atoms with Crippen LogP contribution in [0.25, 0.3) is 0 Å². The van der Waals surface area contributed by atoms with E-state index in [-0.39, 0.29) is 47.0 Å². The summed E-state index contributed by atoms with van der Waals surface area (Å²) in [6.07, 6.45) is 0. The minimum Gasteiger partial charge on any atom is -0.454 e. The number of halogens is 6. The molecule has 0 aromatic heterocycles. The maximum Gasteiger partial charge on any atom is 0.329 e. The third-order valence-corrected chi connectivity index (χ3v) is 7.05. The smallest absolute Gasteiger partial charge is 0.329 e. The first-order chi connectivity index (χ1) is 15.0. The van der Waals surface area contributed by atoms with Crippen LogP contribution in [0.4, 0.5) is 5.69 Å². The zero-order valence-corrected chi connectivity index (χ0v) is 20.3.